The van der Waals surface area contributed by atoms with Crippen LogP contribution in [0.5, 0.6) is 0 Å². The van der Waals surface area contributed by atoms with Crippen molar-refractivity contribution in [2.24, 2.45) is 0 Å². The highest BCUT2D eigenvalue weighted by molar-refractivity contribution is 9.09. The fraction of sp³-hybridized carbons (Fsp3) is 0.176. The van der Waals surface area contributed by atoms with E-state index >= 15 is 0 Å². The standard InChI is InChI=1S/C17H17BrS/c18-13-4-14-19-17-11-9-16(10-12-17)8-7-15-5-2-1-3-6-15/h1-3,5-12H,4,13-14H2/b8-7+. The monoisotopic (exact) mass is 332 g/mol. The minimum absolute atomic E-state index is 1.08. The first kappa shape index (κ1) is 14.4. The molecule has 2 aromatic carbocycles. The first-order valence-corrected chi connectivity index (χ1v) is 8.51. The molecule has 0 atom stereocenters. The topological polar surface area (TPSA) is 0 Å². The zero-order valence-electron chi connectivity index (χ0n) is 10.8. The molecule has 0 aromatic heterocycles. The Morgan fingerprint density at radius 1 is 0.842 bits per heavy atom. The molecule has 0 bridgehead atoms. The van der Waals surface area contributed by atoms with Crippen molar-refractivity contribution < 1.29 is 0 Å². The summed E-state index contributed by atoms with van der Waals surface area (Å²) in [5.41, 5.74) is 2.48. The average Bonchev–Trinajstić information content (AvgIpc) is 2.48. The van der Waals surface area contributed by atoms with Crippen LogP contribution in [-0.2, 0) is 0 Å². The summed E-state index contributed by atoms with van der Waals surface area (Å²) >= 11 is 5.37. The minimum Gasteiger partial charge on any atom is -0.126 e. The van der Waals surface area contributed by atoms with E-state index < -0.39 is 0 Å². The lowest BCUT2D eigenvalue weighted by Gasteiger charge is -2.01. The summed E-state index contributed by atoms with van der Waals surface area (Å²) < 4.78 is 0. The van der Waals surface area contributed by atoms with E-state index in [1.54, 1.807) is 0 Å². The molecule has 2 rings (SSSR count). The Labute approximate surface area is 128 Å². The van der Waals surface area contributed by atoms with Gasteiger partial charge in [0.1, 0.15) is 0 Å². The van der Waals surface area contributed by atoms with Gasteiger partial charge in [-0.2, -0.15) is 0 Å². The van der Waals surface area contributed by atoms with Crippen molar-refractivity contribution >= 4 is 39.8 Å². The molecule has 0 amide bonds. The third-order valence-corrected chi connectivity index (χ3v) is 4.35. The van der Waals surface area contributed by atoms with E-state index in [2.05, 4.69) is 76.6 Å². The number of rotatable bonds is 6. The Hall–Kier alpha value is -0.990. The largest absolute Gasteiger partial charge is 0.126 e. The number of hydrogen-bond donors (Lipinski definition) is 0. The zero-order chi connectivity index (χ0) is 13.3. The predicted molar refractivity (Wildman–Crippen MR) is 90.9 cm³/mol. The van der Waals surface area contributed by atoms with Gasteiger partial charge >= 0.3 is 0 Å². The first-order valence-electron chi connectivity index (χ1n) is 6.40. The summed E-state index contributed by atoms with van der Waals surface area (Å²) in [4.78, 5) is 1.35. The van der Waals surface area contributed by atoms with E-state index in [-0.39, 0.29) is 0 Å². The molecule has 0 spiro atoms. The van der Waals surface area contributed by atoms with Crippen LogP contribution in [0.4, 0.5) is 0 Å². The molecule has 2 heteroatoms. The zero-order valence-corrected chi connectivity index (χ0v) is 13.2. The molecule has 0 saturated carbocycles. The van der Waals surface area contributed by atoms with Gasteiger partial charge in [-0.1, -0.05) is 70.5 Å². The summed E-state index contributed by atoms with van der Waals surface area (Å²) in [5, 5.41) is 1.08. The number of halogens is 1. The molecule has 0 aliphatic carbocycles. The third kappa shape index (κ3) is 5.25. The predicted octanol–water partition coefficient (Wildman–Crippen LogP) is 5.73. The van der Waals surface area contributed by atoms with Gasteiger partial charge in [-0.05, 0) is 35.4 Å². The van der Waals surface area contributed by atoms with Crippen molar-refractivity contribution in [1.82, 2.24) is 0 Å². The van der Waals surface area contributed by atoms with Crippen LogP contribution in [-0.4, -0.2) is 11.1 Å². The van der Waals surface area contributed by atoms with Crippen LogP contribution < -0.4 is 0 Å². The molecule has 0 radical (unpaired) electrons. The van der Waals surface area contributed by atoms with E-state index in [9.17, 15) is 0 Å². The Kier molecular flexibility index (Phi) is 6.25. The highest BCUT2D eigenvalue weighted by Crippen LogP contribution is 2.20. The number of benzene rings is 2. The lowest BCUT2D eigenvalue weighted by Crippen LogP contribution is -1.80. The summed E-state index contributed by atoms with van der Waals surface area (Å²) in [6.45, 7) is 0. The van der Waals surface area contributed by atoms with Gasteiger partial charge in [-0.25, -0.2) is 0 Å². The maximum Gasteiger partial charge on any atom is 0.00723 e. The summed E-state index contributed by atoms with van der Waals surface area (Å²) in [6, 6.07) is 19.1. The SMILES string of the molecule is BrCCCSc1ccc(/C=C/c2ccccc2)cc1. The Bertz CT molecular complexity index is 503. The van der Waals surface area contributed by atoms with Crippen molar-refractivity contribution in [2.45, 2.75) is 11.3 Å². The molecule has 0 unspecified atom stereocenters. The Balaban J connectivity index is 1.93. The quantitative estimate of drug-likeness (QED) is 0.281. The maximum absolute atomic E-state index is 3.45. The summed E-state index contributed by atoms with van der Waals surface area (Å²) in [6.07, 6.45) is 5.51. The smallest absolute Gasteiger partial charge is 0.00723 e. The second kappa shape index (κ2) is 8.23. The Morgan fingerprint density at radius 2 is 1.47 bits per heavy atom. The second-order valence-electron chi connectivity index (χ2n) is 4.20. The van der Waals surface area contributed by atoms with Crippen LogP contribution in [0.3, 0.4) is 0 Å². The fourth-order valence-electron chi connectivity index (χ4n) is 1.68. The van der Waals surface area contributed by atoms with Gasteiger partial charge in [0.15, 0.2) is 0 Å². The van der Waals surface area contributed by atoms with E-state index in [0.29, 0.717) is 0 Å². The van der Waals surface area contributed by atoms with Crippen molar-refractivity contribution in [3.8, 4) is 0 Å². The number of alkyl halides is 1. The summed E-state index contributed by atoms with van der Waals surface area (Å²) in [5.74, 6) is 1.17. The van der Waals surface area contributed by atoms with Gasteiger partial charge in [0.2, 0.25) is 0 Å². The lowest BCUT2D eigenvalue weighted by atomic mass is 10.1. The molecule has 0 aliphatic rings. The van der Waals surface area contributed by atoms with Gasteiger partial charge in [-0.3, -0.25) is 0 Å². The maximum atomic E-state index is 3.45. The number of hydrogen-bond acceptors (Lipinski definition) is 1. The average molecular weight is 333 g/mol. The molecule has 19 heavy (non-hydrogen) atoms. The van der Waals surface area contributed by atoms with Crippen molar-refractivity contribution in [3.63, 3.8) is 0 Å². The van der Waals surface area contributed by atoms with Crippen molar-refractivity contribution in [2.75, 3.05) is 11.1 Å². The van der Waals surface area contributed by atoms with E-state index in [4.69, 9.17) is 0 Å². The van der Waals surface area contributed by atoms with Crippen LogP contribution in [0, 0.1) is 0 Å². The highest BCUT2D eigenvalue weighted by atomic mass is 79.9. The van der Waals surface area contributed by atoms with Gasteiger partial charge in [0.05, 0.1) is 0 Å². The van der Waals surface area contributed by atoms with Gasteiger partial charge < -0.3 is 0 Å². The second-order valence-corrected chi connectivity index (χ2v) is 6.17. The van der Waals surface area contributed by atoms with Gasteiger partial charge in [0.25, 0.3) is 0 Å². The molecule has 0 aliphatic heterocycles. The fourth-order valence-corrected chi connectivity index (χ4v) is 3.18. The van der Waals surface area contributed by atoms with Crippen molar-refractivity contribution in [3.05, 3.63) is 65.7 Å². The van der Waals surface area contributed by atoms with Crippen LogP contribution >= 0.6 is 27.7 Å². The van der Waals surface area contributed by atoms with Crippen LogP contribution in [0.1, 0.15) is 17.5 Å². The molecule has 0 saturated heterocycles. The molecule has 0 N–H and O–H groups in total. The minimum atomic E-state index is 1.08. The van der Waals surface area contributed by atoms with E-state index in [1.807, 2.05) is 17.8 Å². The van der Waals surface area contributed by atoms with Crippen LogP contribution in [0.15, 0.2) is 59.5 Å². The van der Waals surface area contributed by atoms with E-state index in [0.717, 1.165) is 5.33 Å². The van der Waals surface area contributed by atoms with E-state index in [1.165, 1.54) is 28.2 Å². The number of thioether (sulfide) groups is 1. The molecule has 2 aromatic rings. The summed E-state index contributed by atoms with van der Waals surface area (Å²) in [7, 11) is 0. The third-order valence-electron chi connectivity index (χ3n) is 2.69. The molecule has 0 nitrogen and oxygen atoms in total. The van der Waals surface area contributed by atoms with Crippen molar-refractivity contribution in [1.29, 1.82) is 0 Å². The van der Waals surface area contributed by atoms with Crippen LogP contribution in [0.2, 0.25) is 0 Å². The normalized spacial score (nSPS) is 11.0. The molecule has 0 heterocycles. The first-order chi connectivity index (χ1) is 9.38. The molecule has 98 valence electrons. The molecular weight excluding hydrogens is 316 g/mol. The van der Waals surface area contributed by atoms with Crippen LogP contribution in [0.25, 0.3) is 12.2 Å². The molecule has 0 fully saturated rings. The Morgan fingerprint density at radius 3 is 2.11 bits per heavy atom. The molecular formula is C17H17BrS. The van der Waals surface area contributed by atoms with Gasteiger partial charge in [0, 0.05) is 10.2 Å². The van der Waals surface area contributed by atoms with Gasteiger partial charge in [-0.15, -0.1) is 11.8 Å². The highest BCUT2D eigenvalue weighted by Gasteiger charge is 1.94. The lowest BCUT2D eigenvalue weighted by molar-refractivity contribution is 1.13.